The molecule has 0 N–H and O–H groups in total. The van der Waals surface area contributed by atoms with Crippen molar-refractivity contribution >= 4 is 11.1 Å². The summed E-state index contributed by atoms with van der Waals surface area (Å²) in [5, 5.41) is 0. The zero-order valence-electron chi connectivity index (χ0n) is 6.81. The topological polar surface area (TPSA) is 62.2 Å². The summed E-state index contributed by atoms with van der Waals surface area (Å²) in [6.07, 6.45) is 2.71. The van der Waals surface area contributed by atoms with Gasteiger partial charge in [-0.15, -0.1) is 0 Å². The van der Waals surface area contributed by atoms with Crippen LogP contribution in [0.1, 0.15) is 0 Å². The molecule has 60 valence electrons. The number of pyridine rings is 1. The fourth-order valence-electron chi connectivity index (χ4n) is 0.661. The molecule has 1 aromatic rings. The van der Waals surface area contributed by atoms with E-state index in [1.165, 1.54) is 25.6 Å². The third-order valence-corrected chi connectivity index (χ3v) is 1.81. The Bertz CT molecular complexity index is 281. The number of aromatic nitrogens is 1. The normalized spacial score (nSPS) is 11.5. The SMILES string of the molecule is COc1ccncc1S(=O)[O-].[Na+]. The summed E-state index contributed by atoms with van der Waals surface area (Å²) in [4.78, 5) is 3.72. The van der Waals surface area contributed by atoms with Crippen LogP contribution in [-0.2, 0) is 11.1 Å². The van der Waals surface area contributed by atoms with Gasteiger partial charge in [0, 0.05) is 12.4 Å². The Morgan fingerprint density at radius 1 is 1.67 bits per heavy atom. The zero-order valence-corrected chi connectivity index (χ0v) is 9.63. The third-order valence-electron chi connectivity index (χ3n) is 1.15. The van der Waals surface area contributed by atoms with Crippen molar-refractivity contribution in [3.63, 3.8) is 0 Å². The van der Waals surface area contributed by atoms with E-state index in [1.807, 2.05) is 0 Å². The molecule has 0 aliphatic carbocycles. The van der Waals surface area contributed by atoms with Gasteiger partial charge in [0.1, 0.15) is 5.75 Å². The zero-order chi connectivity index (χ0) is 8.27. The van der Waals surface area contributed by atoms with Crippen molar-refractivity contribution in [1.82, 2.24) is 4.98 Å². The minimum absolute atomic E-state index is 0. The minimum atomic E-state index is -2.28. The van der Waals surface area contributed by atoms with Gasteiger partial charge in [0.2, 0.25) is 0 Å². The van der Waals surface area contributed by atoms with E-state index in [1.54, 1.807) is 0 Å². The van der Waals surface area contributed by atoms with Gasteiger partial charge in [-0.3, -0.25) is 9.19 Å². The Morgan fingerprint density at radius 2 is 2.33 bits per heavy atom. The summed E-state index contributed by atoms with van der Waals surface area (Å²) >= 11 is -2.28. The number of nitrogens with zero attached hydrogens (tertiary/aromatic N) is 1. The van der Waals surface area contributed by atoms with Gasteiger partial charge in [0.05, 0.1) is 12.0 Å². The predicted octanol–water partition coefficient (Wildman–Crippen LogP) is -2.67. The summed E-state index contributed by atoms with van der Waals surface area (Å²) in [6.45, 7) is 0. The van der Waals surface area contributed by atoms with Gasteiger partial charge in [-0.05, 0) is 17.1 Å². The maximum atomic E-state index is 10.5. The van der Waals surface area contributed by atoms with Crippen LogP contribution in [0.15, 0.2) is 23.4 Å². The smallest absolute Gasteiger partial charge is 0.768 e. The molecule has 0 fully saturated rings. The Morgan fingerprint density at radius 3 is 2.75 bits per heavy atom. The van der Waals surface area contributed by atoms with Crippen LogP contribution in [-0.4, -0.2) is 20.9 Å². The summed E-state index contributed by atoms with van der Waals surface area (Å²) in [5.41, 5.74) is 0. The Hall–Kier alpha value is 0.0600. The molecule has 0 saturated carbocycles. The fraction of sp³-hybridized carbons (Fsp3) is 0.167. The molecule has 12 heavy (non-hydrogen) atoms. The van der Waals surface area contributed by atoms with Crippen molar-refractivity contribution in [3.8, 4) is 5.75 Å². The molecule has 0 aliphatic heterocycles. The van der Waals surface area contributed by atoms with E-state index in [4.69, 9.17) is 4.74 Å². The molecule has 1 unspecified atom stereocenters. The first kappa shape index (κ1) is 12.1. The van der Waals surface area contributed by atoms with E-state index in [0.29, 0.717) is 5.75 Å². The number of ether oxygens (including phenoxy) is 1. The van der Waals surface area contributed by atoms with Crippen molar-refractivity contribution in [2.75, 3.05) is 7.11 Å². The van der Waals surface area contributed by atoms with E-state index in [0.717, 1.165) is 0 Å². The van der Waals surface area contributed by atoms with Crippen LogP contribution < -0.4 is 34.3 Å². The summed E-state index contributed by atoms with van der Waals surface area (Å²) < 4.78 is 25.7. The van der Waals surface area contributed by atoms with Crippen molar-refractivity contribution in [1.29, 1.82) is 0 Å². The van der Waals surface area contributed by atoms with Crippen molar-refractivity contribution in [2.24, 2.45) is 0 Å². The first-order valence-corrected chi connectivity index (χ1v) is 3.90. The first-order valence-electron chi connectivity index (χ1n) is 2.83. The third kappa shape index (κ3) is 2.84. The van der Waals surface area contributed by atoms with Gasteiger partial charge in [0.25, 0.3) is 0 Å². The van der Waals surface area contributed by atoms with E-state index in [9.17, 15) is 8.76 Å². The second kappa shape index (κ2) is 5.66. The van der Waals surface area contributed by atoms with E-state index in [-0.39, 0.29) is 34.5 Å². The predicted molar refractivity (Wildman–Crippen MR) is 38.0 cm³/mol. The molecule has 0 spiro atoms. The van der Waals surface area contributed by atoms with Crippen LogP contribution in [0.25, 0.3) is 0 Å². The molecule has 0 bridgehead atoms. The average Bonchev–Trinajstić information content (AvgIpc) is 2.04. The molecule has 1 atom stereocenters. The van der Waals surface area contributed by atoms with Crippen molar-refractivity contribution in [2.45, 2.75) is 4.90 Å². The first-order chi connectivity index (χ1) is 5.25. The summed E-state index contributed by atoms with van der Waals surface area (Å²) in [5.74, 6) is 0.313. The minimum Gasteiger partial charge on any atom is -0.768 e. The quantitative estimate of drug-likeness (QED) is 0.381. The number of hydrogen-bond donors (Lipinski definition) is 0. The largest absolute Gasteiger partial charge is 1.00 e. The van der Waals surface area contributed by atoms with Crippen LogP contribution >= 0.6 is 0 Å². The van der Waals surface area contributed by atoms with Crippen LogP contribution in [0.2, 0.25) is 0 Å². The standard InChI is InChI=1S/C6H7NO3S.Na/c1-10-5-2-3-7-4-6(5)11(8)9;/h2-4H,1H3,(H,8,9);/q;+1/p-1. The molecule has 1 rings (SSSR count). The molecule has 4 nitrogen and oxygen atoms in total. The number of hydrogen-bond acceptors (Lipinski definition) is 4. The Kier molecular flexibility index (Phi) is 5.69. The van der Waals surface area contributed by atoms with E-state index >= 15 is 0 Å². The van der Waals surface area contributed by atoms with Crippen molar-refractivity contribution < 1.29 is 43.1 Å². The summed E-state index contributed by atoms with van der Waals surface area (Å²) in [7, 11) is 1.41. The molecular formula is C6H6NNaO3S. The van der Waals surface area contributed by atoms with Gasteiger partial charge in [0.15, 0.2) is 0 Å². The molecule has 6 heteroatoms. The fourth-order valence-corrected chi connectivity index (χ4v) is 1.12. The summed E-state index contributed by atoms with van der Waals surface area (Å²) in [6, 6.07) is 1.49. The molecule has 0 saturated heterocycles. The molecule has 0 amide bonds. The van der Waals surface area contributed by atoms with Crippen LogP contribution in [0.4, 0.5) is 0 Å². The number of methoxy groups -OCH3 is 1. The molecular weight excluding hydrogens is 189 g/mol. The van der Waals surface area contributed by atoms with Gasteiger partial charge in [-0.25, -0.2) is 0 Å². The van der Waals surface area contributed by atoms with Gasteiger partial charge in [-0.2, -0.15) is 0 Å². The van der Waals surface area contributed by atoms with Crippen LogP contribution in [0.5, 0.6) is 5.75 Å². The van der Waals surface area contributed by atoms with E-state index < -0.39 is 11.1 Å². The van der Waals surface area contributed by atoms with Crippen LogP contribution in [0.3, 0.4) is 0 Å². The number of rotatable bonds is 2. The van der Waals surface area contributed by atoms with Gasteiger partial charge >= 0.3 is 29.6 Å². The van der Waals surface area contributed by atoms with E-state index in [2.05, 4.69) is 4.98 Å². The Balaban J connectivity index is 0.00000121. The monoisotopic (exact) mass is 195 g/mol. The molecule has 1 aromatic heterocycles. The van der Waals surface area contributed by atoms with Gasteiger partial charge < -0.3 is 9.29 Å². The average molecular weight is 195 g/mol. The van der Waals surface area contributed by atoms with Crippen LogP contribution in [0, 0.1) is 0 Å². The Labute approximate surface area is 94.9 Å². The molecule has 0 radical (unpaired) electrons. The second-order valence-electron chi connectivity index (χ2n) is 1.76. The maximum Gasteiger partial charge on any atom is 1.00 e. The molecule has 1 heterocycles. The van der Waals surface area contributed by atoms with Crippen molar-refractivity contribution in [3.05, 3.63) is 18.5 Å². The molecule has 0 aromatic carbocycles. The second-order valence-corrected chi connectivity index (χ2v) is 2.67. The molecule has 0 aliphatic rings. The van der Waals surface area contributed by atoms with Gasteiger partial charge in [-0.1, -0.05) is 0 Å². The maximum absolute atomic E-state index is 10.5.